The second kappa shape index (κ2) is 7.66. The van der Waals surface area contributed by atoms with Crippen LogP contribution in [0.25, 0.3) is 0 Å². The van der Waals surface area contributed by atoms with E-state index in [4.69, 9.17) is 27.9 Å². The lowest BCUT2D eigenvalue weighted by Crippen LogP contribution is -2.33. The van der Waals surface area contributed by atoms with Crippen LogP contribution in [0.2, 0.25) is 10.2 Å². The zero-order valence-electron chi connectivity index (χ0n) is 10.3. The van der Waals surface area contributed by atoms with E-state index < -0.39 is 24.5 Å². The number of carbonyl (C=O) groups excluding carboxylic acids is 3. The Morgan fingerprint density at radius 3 is 2.65 bits per heavy atom. The summed E-state index contributed by atoms with van der Waals surface area (Å²) in [6.07, 6.45) is 1.17. The minimum Gasteiger partial charge on any atom is -0.468 e. The van der Waals surface area contributed by atoms with Crippen molar-refractivity contribution in [2.75, 3.05) is 20.3 Å². The van der Waals surface area contributed by atoms with E-state index in [0.29, 0.717) is 0 Å². The molecule has 1 rings (SSSR count). The molecular formula is C11H10Cl2N2O5. The predicted octanol–water partition coefficient (Wildman–Crippen LogP) is 0.834. The van der Waals surface area contributed by atoms with Gasteiger partial charge in [0.1, 0.15) is 11.7 Å². The molecule has 1 aromatic heterocycles. The van der Waals surface area contributed by atoms with Crippen molar-refractivity contribution in [2.24, 2.45) is 0 Å². The first kappa shape index (κ1) is 16.2. The number of carbonyl (C=O) groups is 3. The molecule has 0 saturated heterocycles. The summed E-state index contributed by atoms with van der Waals surface area (Å²) in [6.45, 7) is -0.850. The Balaban J connectivity index is 2.44. The summed E-state index contributed by atoms with van der Waals surface area (Å²) in [5.74, 6) is -2.04. The van der Waals surface area contributed by atoms with Gasteiger partial charge in [0.25, 0.3) is 5.91 Å². The molecule has 0 aromatic carbocycles. The summed E-state index contributed by atoms with van der Waals surface area (Å²) in [5.41, 5.74) is 0.0557. The smallest absolute Gasteiger partial charge is 0.340 e. The fraction of sp³-hybridized carbons (Fsp3) is 0.273. The fourth-order valence-electron chi connectivity index (χ4n) is 1.04. The largest absolute Gasteiger partial charge is 0.468 e. The van der Waals surface area contributed by atoms with Gasteiger partial charge in [-0.25, -0.2) is 9.78 Å². The van der Waals surface area contributed by atoms with Gasteiger partial charge in [0.15, 0.2) is 6.61 Å². The van der Waals surface area contributed by atoms with Gasteiger partial charge >= 0.3 is 11.9 Å². The van der Waals surface area contributed by atoms with Crippen molar-refractivity contribution in [1.82, 2.24) is 10.3 Å². The van der Waals surface area contributed by atoms with Crippen molar-refractivity contribution in [3.63, 3.8) is 0 Å². The molecule has 108 valence electrons. The zero-order valence-corrected chi connectivity index (χ0v) is 11.8. The summed E-state index contributed by atoms with van der Waals surface area (Å²) >= 11 is 11.3. The molecule has 7 nitrogen and oxygen atoms in total. The molecule has 0 aliphatic heterocycles. The average molecular weight is 321 g/mol. The lowest BCUT2D eigenvalue weighted by Gasteiger charge is -2.06. The van der Waals surface area contributed by atoms with Gasteiger partial charge in [-0.2, -0.15) is 0 Å². The third kappa shape index (κ3) is 5.02. The normalized spacial score (nSPS) is 9.75. The molecule has 1 aromatic rings. The molecule has 20 heavy (non-hydrogen) atoms. The summed E-state index contributed by atoms with van der Waals surface area (Å²) < 4.78 is 9.03. The molecule has 0 aliphatic rings. The number of amides is 1. The van der Waals surface area contributed by atoms with Gasteiger partial charge in [-0.05, 0) is 6.07 Å². The molecule has 0 atom stereocenters. The Morgan fingerprint density at radius 1 is 1.35 bits per heavy atom. The summed E-state index contributed by atoms with van der Waals surface area (Å²) in [7, 11) is 1.19. The minimum atomic E-state index is -0.788. The lowest BCUT2D eigenvalue weighted by atomic mass is 10.3. The highest BCUT2D eigenvalue weighted by Crippen LogP contribution is 2.19. The maximum absolute atomic E-state index is 11.6. The van der Waals surface area contributed by atoms with Crippen LogP contribution < -0.4 is 5.32 Å². The van der Waals surface area contributed by atoms with Crippen LogP contribution >= 0.6 is 23.2 Å². The molecule has 0 radical (unpaired) electrons. The van der Waals surface area contributed by atoms with E-state index in [1.165, 1.54) is 19.4 Å². The summed E-state index contributed by atoms with van der Waals surface area (Å²) in [6, 6.07) is 1.27. The van der Waals surface area contributed by atoms with Crippen LogP contribution in [-0.4, -0.2) is 43.1 Å². The first-order valence-electron chi connectivity index (χ1n) is 5.25. The van der Waals surface area contributed by atoms with Crippen molar-refractivity contribution >= 4 is 41.0 Å². The number of hydrogen-bond acceptors (Lipinski definition) is 6. The Kier molecular flexibility index (Phi) is 6.20. The lowest BCUT2D eigenvalue weighted by molar-refractivity contribution is -0.141. The Morgan fingerprint density at radius 2 is 2.05 bits per heavy atom. The first-order valence-corrected chi connectivity index (χ1v) is 6.01. The number of aromatic nitrogens is 1. The number of methoxy groups -OCH3 is 1. The standard InChI is InChI=1S/C11H10Cl2N2O5/c1-19-9(17)4-14-8(16)5-20-11(18)6-2-7(12)10(13)15-3-6/h2-3H,4-5H2,1H3,(H,14,16). The van der Waals surface area contributed by atoms with E-state index in [-0.39, 0.29) is 22.3 Å². The number of nitrogens with one attached hydrogen (secondary N) is 1. The Labute approximate surface area is 124 Å². The van der Waals surface area contributed by atoms with E-state index >= 15 is 0 Å². The summed E-state index contributed by atoms with van der Waals surface area (Å²) in [5, 5.41) is 2.36. The van der Waals surface area contributed by atoms with E-state index in [2.05, 4.69) is 15.0 Å². The van der Waals surface area contributed by atoms with E-state index in [1.807, 2.05) is 0 Å². The third-order valence-electron chi connectivity index (χ3n) is 2.02. The highest BCUT2D eigenvalue weighted by atomic mass is 35.5. The number of esters is 2. The average Bonchev–Trinajstić information content (AvgIpc) is 2.44. The number of hydrogen-bond donors (Lipinski definition) is 1. The predicted molar refractivity (Wildman–Crippen MR) is 69.6 cm³/mol. The topological polar surface area (TPSA) is 94.6 Å². The molecule has 0 bridgehead atoms. The molecule has 1 heterocycles. The fourth-order valence-corrected chi connectivity index (χ4v) is 1.31. The van der Waals surface area contributed by atoms with Gasteiger partial charge in [-0.1, -0.05) is 23.2 Å². The van der Waals surface area contributed by atoms with Crippen LogP contribution in [-0.2, 0) is 19.1 Å². The minimum absolute atomic E-state index is 0.0547. The molecule has 1 amide bonds. The van der Waals surface area contributed by atoms with Gasteiger partial charge in [-0.3, -0.25) is 9.59 Å². The molecule has 0 unspecified atom stereocenters. The van der Waals surface area contributed by atoms with Crippen LogP contribution in [0.4, 0.5) is 0 Å². The molecule has 0 saturated carbocycles. The van der Waals surface area contributed by atoms with Crippen LogP contribution in [0.5, 0.6) is 0 Å². The maximum Gasteiger partial charge on any atom is 0.340 e. The highest BCUT2D eigenvalue weighted by molar-refractivity contribution is 6.41. The third-order valence-corrected chi connectivity index (χ3v) is 2.71. The van der Waals surface area contributed by atoms with Crippen LogP contribution in [0.3, 0.4) is 0 Å². The van der Waals surface area contributed by atoms with E-state index in [0.717, 1.165) is 0 Å². The van der Waals surface area contributed by atoms with Gasteiger partial charge < -0.3 is 14.8 Å². The Bertz CT molecular complexity index is 536. The number of nitrogens with zero attached hydrogens (tertiary/aromatic N) is 1. The van der Waals surface area contributed by atoms with Gasteiger partial charge in [0.05, 0.1) is 17.7 Å². The molecule has 9 heteroatoms. The summed E-state index contributed by atoms with van der Waals surface area (Å²) in [4.78, 5) is 37.3. The van der Waals surface area contributed by atoms with Crippen LogP contribution in [0, 0.1) is 0 Å². The van der Waals surface area contributed by atoms with E-state index in [1.54, 1.807) is 0 Å². The van der Waals surface area contributed by atoms with Crippen molar-refractivity contribution in [1.29, 1.82) is 0 Å². The van der Waals surface area contributed by atoms with Gasteiger partial charge in [0.2, 0.25) is 0 Å². The van der Waals surface area contributed by atoms with Crippen LogP contribution in [0.1, 0.15) is 10.4 Å². The number of ether oxygens (including phenoxy) is 2. The molecule has 0 fully saturated rings. The highest BCUT2D eigenvalue weighted by Gasteiger charge is 2.13. The zero-order chi connectivity index (χ0) is 15.1. The maximum atomic E-state index is 11.6. The van der Waals surface area contributed by atoms with E-state index in [9.17, 15) is 14.4 Å². The number of rotatable bonds is 5. The van der Waals surface area contributed by atoms with Crippen molar-refractivity contribution < 1.29 is 23.9 Å². The quantitative estimate of drug-likeness (QED) is 0.638. The van der Waals surface area contributed by atoms with Crippen molar-refractivity contribution in [2.45, 2.75) is 0 Å². The Hall–Kier alpha value is -1.86. The van der Waals surface area contributed by atoms with Crippen molar-refractivity contribution in [3.05, 3.63) is 28.0 Å². The molecule has 0 spiro atoms. The molecular weight excluding hydrogens is 311 g/mol. The van der Waals surface area contributed by atoms with Gasteiger partial charge in [-0.15, -0.1) is 0 Å². The van der Waals surface area contributed by atoms with Gasteiger partial charge in [0, 0.05) is 6.20 Å². The second-order valence-corrected chi connectivity index (χ2v) is 4.19. The monoisotopic (exact) mass is 320 g/mol. The number of halogens is 2. The molecule has 1 N–H and O–H groups in total. The number of pyridine rings is 1. The van der Waals surface area contributed by atoms with Crippen LogP contribution in [0.15, 0.2) is 12.3 Å². The molecule has 0 aliphatic carbocycles. The first-order chi connectivity index (χ1) is 9.43. The van der Waals surface area contributed by atoms with Crippen molar-refractivity contribution in [3.8, 4) is 0 Å². The SMILES string of the molecule is COC(=O)CNC(=O)COC(=O)c1cnc(Cl)c(Cl)c1. The second-order valence-electron chi connectivity index (χ2n) is 3.43.